The molecule has 0 radical (unpaired) electrons. The molecule has 17 heavy (non-hydrogen) atoms. The van der Waals surface area contributed by atoms with E-state index in [9.17, 15) is 5.11 Å². The molecule has 0 spiro atoms. The molecule has 1 aromatic carbocycles. The van der Waals surface area contributed by atoms with Gasteiger partial charge >= 0.3 is 0 Å². The first-order chi connectivity index (χ1) is 8.02. The third kappa shape index (κ3) is 2.90. The molecule has 1 unspecified atom stereocenters. The van der Waals surface area contributed by atoms with Crippen LogP contribution in [-0.2, 0) is 19.3 Å². The minimum atomic E-state index is 0.0823. The fourth-order valence-corrected chi connectivity index (χ4v) is 2.72. The van der Waals surface area contributed by atoms with Gasteiger partial charge in [-0.15, -0.1) is 0 Å². The number of hydrogen-bond acceptors (Lipinski definition) is 1. The van der Waals surface area contributed by atoms with Gasteiger partial charge < -0.3 is 5.11 Å². The van der Waals surface area contributed by atoms with Crippen LogP contribution in [0.2, 0.25) is 0 Å². The lowest BCUT2D eigenvalue weighted by atomic mass is 9.88. The van der Waals surface area contributed by atoms with E-state index in [0.717, 1.165) is 18.8 Å². The Labute approximate surface area is 105 Å². The summed E-state index contributed by atoms with van der Waals surface area (Å²) in [4.78, 5) is 0. The molecule has 94 valence electrons. The summed E-state index contributed by atoms with van der Waals surface area (Å²) in [5.41, 5.74) is 4.44. The summed E-state index contributed by atoms with van der Waals surface area (Å²) in [7, 11) is 0. The van der Waals surface area contributed by atoms with Crippen molar-refractivity contribution in [2.75, 3.05) is 6.61 Å². The van der Waals surface area contributed by atoms with Crippen LogP contribution >= 0.6 is 0 Å². The zero-order valence-corrected chi connectivity index (χ0v) is 11.3. The second kappa shape index (κ2) is 4.81. The van der Waals surface area contributed by atoms with E-state index in [2.05, 4.69) is 39.0 Å². The van der Waals surface area contributed by atoms with Crippen molar-refractivity contribution < 1.29 is 5.11 Å². The molecule has 1 nitrogen and oxygen atoms in total. The SMILES string of the molecule is CC(C)CCc1ccc2c(c1)CC(C)(CO)C2. The van der Waals surface area contributed by atoms with Crippen molar-refractivity contribution in [1.82, 2.24) is 0 Å². The highest BCUT2D eigenvalue weighted by molar-refractivity contribution is 5.37. The number of aliphatic hydroxyl groups is 1. The summed E-state index contributed by atoms with van der Waals surface area (Å²) in [6, 6.07) is 6.90. The second-order valence-corrected chi connectivity index (χ2v) is 6.36. The van der Waals surface area contributed by atoms with Crippen LogP contribution in [0.25, 0.3) is 0 Å². The van der Waals surface area contributed by atoms with Gasteiger partial charge in [0, 0.05) is 6.61 Å². The molecule has 1 N–H and O–H groups in total. The smallest absolute Gasteiger partial charge is 0.0491 e. The van der Waals surface area contributed by atoms with Gasteiger partial charge in [0.1, 0.15) is 0 Å². The molecule has 0 aliphatic heterocycles. The van der Waals surface area contributed by atoms with Gasteiger partial charge in [-0.1, -0.05) is 39.0 Å². The van der Waals surface area contributed by atoms with Crippen LogP contribution in [0.1, 0.15) is 43.9 Å². The Kier molecular flexibility index (Phi) is 3.58. The first kappa shape index (κ1) is 12.6. The van der Waals surface area contributed by atoms with Gasteiger partial charge in [0.25, 0.3) is 0 Å². The van der Waals surface area contributed by atoms with E-state index in [-0.39, 0.29) is 5.41 Å². The normalized spacial score (nSPS) is 23.1. The van der Waals surface area contributed by atoms with Crippen molar-refractivity contribution in [3.05, 3.63) is 34.9 Å². The Balaban J connectivity index is 2.10. The molecule has 0 amide bonds. The number of benzene rings is 1. The Morgan fingerprint density at radius 3 is 2.59 bits per heavy atom. The van der Waals surface area contributed by atoms with Gasteiger partial charge in [-0.25, -0.2) is 0 Å². The van der Waals surface area contributed by atoms with E-state index < -0.39 is 0 Å². The molecule has 1 aliphatic carbocycles. The molecule has 0 aromatic heterocycles. The molecule has 2 rings (SSSR count). The molecule has 0 fully saturated rings. The highest BCUT2D eigenvalue weighted by Gasteiger charge is 2.32. The van der Waals surface area contributed by atoms with Crippen LogP contribution in [-0.4, -0.2) is 11.7 Å². The van der Waals surface area contributed by atoms with E-state index in [4.69, 9.17) is 0 Å². The van der Waals surface area contributed by atoms with Gasteiger partial charge in [0.2, 0.25) is 0 Å². The van der Waals surface area contributed by atoms with Crippen molar-refractivity contribution in [3.63, 3.8) is 0 Å². The third-order valence-corrected chi connectivity index (χ3v) is 3.90. The molecule has 1 heteroatoms. The maximum Gasteiger partial charge on any atom is 0.0491 e. The predicted octanol–water partition coefficient (Wildman–Crippen LogP) is 3.37. The van der Waals surface area contributed by atoms with Crippen LogP contribution in [0.4, 0.5) is 0 Å². The van der Waals surface area contributed by atoms with Crippen LogP contribution < -0.4 is 0 Å². The van der Waals surface area contributed by atoms with E-state index in [1.165, 1.54) is 29.5 Å². The zero-order chi connectivity index (χ0) is 12.5. The Bertz CT molecular complexity index is 395. The van der Waals surface area contributed by atoms with E-state index >= 15 is 0 Å². The largest absolute Gasteiger partial charge is 0.396 e. The molecule has 0 bridgehead atoms. The van der Waals surface area contributed by atoms with Crippen molar-refractivity contribution in [3.8, 4) is 0 Å². The van der Waals surface area contributed by atoms with E-state index in [0.29, 0.717) is 6.61 Å². The van der Waals surface area contributed by atoms with Gasteiger partial charge in [-0.05, 0) is 53.7 Å². The molecule has 1 aliphatic rings. The van der Waals surface area contributed by atoms with Crippen molar-refractivity contribution in [1.29, 1.82) is 0 Å². The summed E-state index contributed by atoms with van der Waals surface area (Å²) >= 11 is 0. The molecular weight excluding hydrogens is 208 g/mol. The molecule has 0 saturated heterocycles. The van der Waals surface area contributed by atoms with E-state index in [1.807, 2.05) is 0 Å². The standard InChI is InChI=1S/C16H24O/c1-12(2)4-5-13-6-7-14-9-16(3,11-17)10-15(14)8-13/h6-8,12,17H,4-5,9-11H2,1-3H3. The first-order valence-corrected chi connectivity index (χ1v) is 6.74. The highest BCUT2D eigenvalue weighted by atomic mass is 16.3. The van der Waals surface area contributed by atoms with Crippen molar-refractivity contribution in [2.45, 2.75) is 46.5 Å². The topological polar surface area (TPSA) is 20.2 Å². The first-order valence-electron chi connectivity index (χ1n) is 6.74. The second-order valence-electron chi connectivity index (χ2n) is 6.36. The molecular formula is C16H24O. The summed E-state index contributed by atoms with van der Waals surface area (Å²) in [5, 5.41) is 9.44. The van der Waals surface area contributed by atoms with Gasteiger partial charge in [-0.2, -0.15) is 0 Å². The Morgan fingerprint density at radius 1 is 1.24 bits per heavy atom. The summed E-state index contributed by atoms with van der Waals surface area (Å²) in [5.74, 6) is 0.769. The summed E-state index contributed by atoms with van der Waals surface area (Å²) in [6.07, 6.45) is 4.51. The Morgan fingerprint density at radius 2 is 1.94 bits per heavy atom. The average molecular weight is 232 g/mol. The number of aliphatic hydroxyl groups excluding tert-OH is 1. The lowest BCUT2D eigenvalue weighted by molar-refractivity contribution is 0.152. The van der Waals surface area contributed by atoms with Crippen LogP contribution in [0, 0.1) is 11.3 Å². The number of aryl methyl sites for hydroxylation is 1. The fraction of sp³-hybridized carbons (Fsp3) is 0.625. The van der Waals surface area contributed by atoms with Gasteiger partial charge in [0.15, 0.2) is 0 Å². The van der Waals surface area contributed by atoms with Crippen LogP contribution in [0.3, 0.4) is 0 Å². The van der Waals surface area contributed by atoms with Crippen molar-refractivity contribution in [2.24, 2.45) is 11.3 Å². The molecule has 0 heterocycles. The number of rotatable bonds is 4. The Hall–Kier alpha value is -0.820. The lowest BCUT2D eigenvalue weighted by Gasteiger charge is -2.19. The summed E-state index contributed by atoms with van der Waals surface area (Å²) < 4.78 is 0. The minimum absolute atomic E-state index is 0.0823. The van der Waals surface area contributed by atoms with Crippen LogP contribution in [0.15, 0.2) is 18.2 Å². The lowest BCUT2D eigenvalue weighted by Crippen LogP contribution is -2.21. The number of fused-ring (bicyclic) bond motifs is 1. The maximum atomic E-state index is 9.44. The molecule has 1 aromatic rings. The molecule has 0 saturated carbocycles. The van der Waals surface area contributed by atoms with Crippen molar-refractivity contribution >= 4 is 0 Å². The van der Waals surface area contributed by atoms with Gasteiger partial charge in [0.05, 0.1) is 0 Å². The highest BCUT2D eigenvalue weighted by Crippen LogP contribution is 2.36. The zero-order valence-electron chi connectivity index (χ0n) is 11.3. The third-order valence-electron chi connectivity index (χ3n) is 3.90. The minimum Gasteiger partial charge on any atom is -0.396 e. The fourth-order valence-electron chi connectivity index (χ4n) is 2.72. The van der Waals surface area contributed by atoms with Crippen LogP contribution in [0.5, 0.6) is 0 Å². The van der Waals surface area contributed by atoms with Gasteiger partial charge in [-0.3, -0.25) is 0 Å². The quantitative estimate of drug-likeness (QED) is 0.844. The average Bonchev–Trinajstić information content (AvgIpc) is 2.62. The predicted molar refractivity (Wildman–Crippen MR) is 72.2 cm³/mol. The molecule has 1 atom stereocenters. The monoisotopic (exact) mass is 232 g/mol. The summed E-state index contributed by atoms with van der Waals surface area (Å²) in [6.45, 7) is 7.02. The van der Waals surface area contributed by atoms with E-state index in [1.54, 1.807) is 0 Å². The number of hydrogen-bond donors (Lipinski definition) is 1. The maximum absolute atomic E-state index is 9.44.